The van der Waals surface area contributed by atoms with E-state index >= 15 is 0 Å². The molecule has 102 valence electrons. The minimum absolute atomic E-state index is 0.788. The molecule has 0 aliphatic carbocycles. The van der Waals surface area contributed by atoms with E-state index in [1.807, 2.05) is 24.3 Å². The summed E-state index contributed by atoms with van der Waals surface area (Å²) in [5.41, 5.74) is 3.47. The second-order valence-corrected chi connectivity index (χ2v) is 5.64. The first-order valence-corrected chi connectivity index (χ1v) is 7.86. The number of hydrogen-bond acceptors (Lipinski definition) is 4. The lowest BCUT2D eigenvalue weighted by Gasteiger charge is -2.01. The van der Waals surface area contributed by atoms with Gasteiger partial charge in [-0.1, -0.05) is 30.3 Å². The Hall–Kier alpha value is -2.33. The van der Waals surface area contributed by atoms with Crippen LogP contribution in [0.15, 0.2) is 64.0 Å². The zero-order valence-electron chi connectivity index (χ0n) is 11.4. The molecule has 0 radical (unpaired) electrons. The van der Waals surface area contributed by atoms with Crippen molar-refractivity contribution < 1.29 is 4.42 Å². The van der Waals surface area contributed by atoms with Gasteiger partial charge in [0.1, 0.15) is 11.3 Å². The molecule has 0 amide bonds. The molecular formula is C17H12N2OS. The van der Waals surface area contributed by atoms with Crippen LogP contribution in [0.4, 0.5) is 0 Å². The van der Waals surface area contributed by atoms with Gasteiger partial charge in [-0.3, -0.25) is 0 Å². The number of benzene rings is 2. The van der Waals surface area contributed by atoms with Crippen molar-refractivity contribution in [1.82, 2.24) is 10.2 Å². The van der Waals surface area contributed by atoms with E-state index in [2.05, 4.69) is 40.7 Å². The maximum atomic E-state index is 5.99. The molecule has 0 aliphatic heterocycles. The minimum Gasteiger partial charge on any atom is -0.454 e. The lowest BCUT2D eigenvalue weighted by Crippen LogP contribution is -1.87. The van der Waals surface area contributed by atoms with E-state index in [9.17, 15) is 0 Å². The molecular weight excluding hydrogens is 280 g/mol. The van der Waals surface area contributed by atoms with Gasteiger partial charge in [-0.05, 0) is 24.5 Å². The van der Waals surface area contributed by atoms with E-state index in [0.29, 0.717) is 0 Å². The van der Waals surface area contributed by atoms with E-state index in [0.717, 1.165) is 33.2 Å². The van der Waals surface area contributed by atoms with E-state index in [1.165, 1.54) is 4.90 Å². The summed E-state index contributed by atoms with van der Waals surface area (Å²) in [7, 11) is 0. The molecule has 2 heterocycles. The van der Waals surface area contributed by atoms with Gasteiger partial charge < -0.3 is 4.42 Å². The molecule has 4 rings (SSSR count). The molecule has 2 aromatic carbocycles. The Labute approximate surface area is 126 Å². The molecule has 4 aromatic rings. The second-order valence-electron chi connectivity index (χ2n) is 4.76. The Bertz CT molecular complexity index is 928. The molecule has 0 spiro atoms. The third-order valence-corrected chi connectivity index (χ3v) is 4.30. The van der Waals surface area contributed by atoms with Crippen molar-refractivity contribution in [2.45, 2.75) is 4.90 Å². The first-order chi connectivity index (χ1) is 10.4. The van der Waals surface area contributed by atoms with Gasteiger partial charge in [-0.25, -0.2) is 0 Å². The van der Waals surface area contributed by atoms with Crippen LogP contribution in [0.25, 0.3) is 33.2 Å². The zero-order valence-corrected chi connectivity index (χ0v) is 12.2. The molecule has 0 bridgehead atoms. The van der Waals surface area contributed by atoms with Gasteiger partial charge in [-0.15, -0.1) is 16.9 Å². The van der Waals surface area contributed by atoms with Crippen molar-refractivity contribution in [1.29, 1.82) is 0 Å². The van der Waals surface area contributed by atoms with Crippen LogP contribution in [0.1, 0.15) is 0 Å². The molecule has 3 nitrogen and oxygen atoms in total. The average molecular weight is 292 g/mol. The molecule has 4 heteroatoms. The van der Waals surface area contributed by atoms with Gasteiger partial charge in [0, 0.05) is 15.8 Å². The van der Waals surface area contributed by atoms with E-state index < -0.39 is 0 Å². The van der Waals surface area contributed by atoms with Gasteiger partial charge in [0.25, 0.3) is 0 Å². The number of nitrogens with zero attached hydrogens (tertiary/aromatic N) is 2. The van der Waals surface area contributed by atoms with E-state index in [-0.39, 0.29) is 0 Å². The molecule has 21 heavy (non-hydrogen) atoms. The summed E-state index contributed by atoms with van der Waals surface area (Å²) in [6.45, 7) is 0. The number of rotatable bonds is 2. The lowest BCUT2D eigenvalue weighted by atomic mass is 10.1. The van der Waals surface area contributed by atoms with Crippen LogP contribution in [0, 0.1) is 0 Å². The topological polar surface area (TPSA) is 38.9 Å². The summed E-state index contributed by atoms with van der Waals surface area (Å²) in [6, 6.07) is 16.3. The number of fused-ring (bicyclic) bond motifs is 3. The number of hydrogen-bond donors (Lipinski definition) is 0. The first kappa shape index (κ1) is 12.4. The largest absolute Gasteiger partial charge is 0.454 e. The first-order valence-electron chi connectivity index (χ1n) is 6.64. The predicted molar refractivity (Wildman–Crippen MR) is 86.5 cm³/mol. The summed E-state index contributed by atoms with van der Waals surface area (Å²) in [5.74, 6) is 0. The maximum Gasteiger partial charge on any atom is 0.165 e. The Morgan fingerprint density at radius 1 is 0.952 bits per heavy atom. The molecule has 0 saturated heterocycles. The second kappa shape index (κ2) is 4.90. The number of aromatic nitrogens is 2. The SMILES string of the molecule is CSc1ccc(-c2nncc3c2oc2ccccc23)cc1. The summed E-state index contributed by atoms with van der Waals surface area (Å²) in [4.78, 5) is 1.23. The van der Waals surface area contributed by atoms with Crippen LogP contribution in [-0.4, -0.2) is 16.5 Å². The van der Waals surface area contributed by atoms with Crippen molar-refractivity contribution >= 4 is 33.7 Å². The highest BCUT2D eigenvalue weighted by atomic mass is 32.2. The smallest absolute Gasteiger partial charge is 0.165 e. The fraction of sp³-hybridized carbons (Fsp3) is 0.0588. The third-order valence-electron chi connectivity index (χ3n) is 3.56. The zero-order chi connectivity index (χ0) is 14.2. The summed E-state index contributed by atoms with van der Waals surface area (Å²) < 4.78 is 5.99. The maximum absolute atomic E-state index is 5.99. The van der Waals surface area contributed by atoms with Crippen molar-refractivity contribution in [3.05, 3.63) is 54.7 Å². The Morgan fingerprint density at radius 3 is 2.57 bits per heavy atom. The van der Waals surface area contributed by atoms with Gasteiger partial charge in [0.15, 0.2) is 5.58 Å². The van der Waals surface area contributed by atoms with Gasteiger partial charge in [0.05, 0.1) is 11.6 Å². The summed E-state index contributed by atoms with van der Waals surface area (Å²) >= 11 is 1.72. The molecule has 0 fully saturated rings. The monoisotopic (exact) mass is 292 g/mol. The van der Waals surface area contributed by atoms with Gasteiger partial charge in [-0.2, -0.15) is 5.10 Å². The average Bonchev–Trinajstić information content (AvgIpc) is 2.94. The molecule has 0 atom stereocenters. The highest BCUT2D eigenvalue weighted by molar-refractivity contribution is 7.98. The van der Waals surface area contributed by atoms with Crippen LogP contribution in [0.2, 0.25) is 0 Å². The van der Waals surface area contributed by atoms with Crippen molar-refractivity contribution in [3.8, 4) is 11.3 Å². The highest BCUT2D eigenvalue weighted by Gasteiger charge is 2.13. The standard InChI is InChI=1S/C17H12N2OS/c1-21-12-8-6-11(7-9-12)16-17-14(10-18-19-16)13-4-2-3-5-15(13)20-17/h2-10H,1H3. The van der Waals surface area contributed by atoms with Gasteiger partial charge >= 0.3 is 0 Å². The normalized spacial score (nSPS) is 11.3. The van der Waals surface area contributed by atoms with Crippen LogP contribution in [-0.2, 0) is 0 Å². The minimum atomic E-state index is 0.788. The van der Waals surface area contributed by atoms with Crippen molar-refractivity contribution in [3.63, 3.8) is 0 Å². The highest BCUT2D eigenvalue weighted by Crippen LogP contribution is 2.33. The Balaban J connectivity index is 1.99. The van der Waals surface area contributed by atoms with Crippen LogP contribution in [0.5, 0.6) is 0 Å². The molecule has 0 aliphatic rings. The summed E-state index contributed by atoms with van der Waals surface area (Å²) in [6.07, 6.45) is 3.83. The van der Waals surface area contributed by atoms with Crippen molar-refractivity contribution in [2.24, 2.45) is 0 Å². The van der Waals surface area contributed by atoms with Crippen LogP contribution < -0.4 is 0 Å². The van der Waals surface area contributed by atoms with Crippen LogP contribution in [0.3, 0.4) is 0 Å². The third kappa shape index (κ3) is 1.99. The number of para-hydroxylation sites is 1. The van der Waals surface area contributed by atoms with Crippen LogP contribution >= 0.6 is 11.8 Å². The Morgan fingerprint density at radius 2 is 1.76 bits per heavy atom. The fourth-order valence-corrected chi connectivity index (χ4v) is 2.91. The van der Waals surface area contributed by atoms with Crippen molar-refractivity contribution in [2.75, 3.05) is 6.26 Å². The number of thioether (sulfide) groups is 1. The lowest BCUT2D eigenvalue weighted by molar-refractivity contribution is 0.666. The summed E-state index contributed by atoms with van der Waals surface area (Å²) in [5, 5.41) is 10.5. The van der Waals surface area contributed by atoms with E-state index in [4.69, 9.17) is 4.42 Å². The molecule has 2 aromatic heterocycles. The van der Waals surface area contributed by atoms with E-state index in [1.54, 1.807) is 18.0 Å². The number of furan rings is 1. The van der Waals surface area contributed by atoms with Gasteiger partial charge in [0.2, 0.25) is 0 Å². The fourth-order valence-electron chi connectivity index (χ4n) is 2.50. The molecule has 0 N–H and O–H groups in total. The predicted octanol–water partition coefficient (Wildman–Crippen LogP) is 4.76. The molecule has 0 saturated carbocycles. The quantitative estimate of drug-likeness (QED) is 0.499. The Kier molecular flexibility index (Phi) is 2.89. The molecule has 0 unspecified atom stereocenters.